The highest BCUT2D eigenvalue weighted by Gasteiger charge is 2.60. The van der Waals surface area contributed by atoms with Crippen molar-refractivity contribution in [3.8, 4) is 0 Å². The third kappa shape index (κ3) is 4.28. The molecule has 0 bridgehead atoms. The number of hydrogen-bond donors (Lipinski definition) is 0. The average Bonchev–Trinajstić information content (AvgIpc) is 3.61. The van der Waals surface area contributed by atoms with E-state index in [1.165, 1.54) is 62.5 Å². The summed E-state index contributed by atoms with van der Waals surface area (Å²) >= 11 is 0. The van der Waals surface area contributed by atoms with Gasteiger partial charge in [-0.1, -0.05) is 104 Å². The second-order valence-corrected chi connectivity index (χ2v) is 20.2. The molecule has 1 saturated heterocycles. The van der Waals surface area contributed by atoms with Crippen LogP contribution in [0.5, 0.6) is 0 Å². The van der Waals surface area contributed by atoms with Gasteiger partial charge in [0.05, 0.1) is 6.04 Å². The maximum atomic E-state index is 3.04. The van der Waals surface area contributed by atoms with Gasteiger partial charge in [-0.25, -0.2) is 0 Å². The normalized spacial score (nSPS) is 31.8. The molecular formula is C47H59BN2. The molecule has 0 N–H and O–H groups in total. The van der Waals surface area contributed by atoms with E-state index >= 15 is 0 Å². The van der Waals surface area contributed by atoms with Gasteiger partial charge >= 0.3 is 0 Å². The highest BCUT2D eigenvalue weighted by atomic mass is 15.3. The molecule has 8 aliphatic rings. The Balaban J connectivity index is 1.26. The Hall–Kier alpha value is -2.94. The predicted octanol–water partition coefficient (Wildman–Crippen LogP) is 10.5. The summed E-state index contributed by atoms with van der Waals surface area (Å²) in [6.07, 6.45) is 26.6. The van der Waals surface area contributed by atoms with E-state index < -0.39 is 0 Å². The van der Waals surface area contributed by atoms with E-state index in [0.29, 0.717) is 47.9 Å². The van der Waals surface area contributed by atoms with Crippen molar-refractivity contribution < 1.29 is 0 Å². The van der Waals surface area contributed by atoms with E-state index in [2.05, 4.69) is 126 Å². The molecule has 0 amide bonds. The van der Waals surface area contributed by atoms with Gasteiger partial charge in [0.15, 0.2) is 0 Å². The Morgan fingerprint density at radius 3 is 2.38 bits per heavy atom. The first-order chi connectivity index (χ1) is 23.8. The van der Waals surface area contributed by atoms with E-state index in [1.807, 2.05) is 0 Å². The summed E-state index contributed by atoms with van der Waals surface area (Å²) < 4.78 is 0. The van der Waals surface area contributed by atoms with Crippen molar-refractivity contribution >= 4 is 34.7 Å². The van der Waals surface area contributed by atoms with Gasteiger partial charge < -0.3 is 9.80 Å². The van der Waals surface area contributed by atoms with Crippen LogP contribution in [0, 0.1) is 17.3 Å². The molecule has 1 saturated carbocycles. The maximum Gasteiger partial charge on any atom is 0.223 e. The lowest BCUT2D eigenvalue weighted by molar-refractivity contribution is 0.158. The van der Waals surface area contributed by atoms with E-state index in [-0.39, 0.29) is 10.8 Å². The lowest BCUT2D eigenvalue weighted by Gasteiger charge is -2.52. The number of nitrogens with zero attached hydrogens (tertiary/aromatic N) is 2. The molecule has 4 aliphatic carbocycles. The highest BCUT2D eigenvalue weighted by molar-refractivity contribution is 6.91. The van der Waals surface area contributed by atoms with E-state index in [4.69, 9.17) is 0 Å². The third-order valence-electron chi connectivity index (χ3n) is 15.3. The fourth-order valence-corrected chi connectivity index (χ4v) is 12.5. The summed E-state index contributed by atoms with van der Waals surface area (Å²) in [4.78, 5) is 6.01. The van der Waals surface area contributed by atoms with Gasteiger partial charge in [-0.3, -0.25) is 0 Å². The largest absolute Gasteiger partial charge is 0.362 e. The van der Waals surface area contributed by atoms with Gasteiger partial charge in [-0.2, -0.15) is 0 Å². The quantitative estimate of drug-likeness (QED) is 0.233. The lowest BCUT2D eigenvalue weighted by atomic mass is 9.28. The Morgan fingerprint density at radius 1 is 0.800 bits per heavy atom. The number of anilines is 3. The van der Waals surface area contributed by atoms with Crippen LogP contribution in [0.4, 0.5) is 17.1 Å². The zero-order chi connectivity index (χ0) is 34.5. The van der Waals surface area contributed by atoms with Gasteiger partial charge in [0.25, 0.3) is 0 Å². The highest BCUT2D eigenvalue weighted by Crippen LogP contribution is 2.60. The number of fused-ring (bicyclic) bond motifs is 10. The van der Waals surface area contributed by atoms with E-state index in [9.17, 15) is 0 Å². The van der Waals surface area contributed by atoms with Crippen LogP contribution in [0.25, 0.3) is 0 Å². The zero-order valence-electron chi connectivity index (χ0n) is 32.2. The molecule has 260 valence electrons. The van der Waals surface area contributed by atoms with Crippen LogP contribution >= 0.6 is 0 Å². The molecular weight excluding hydrogens is 603 g/mol. The third-order valence-corrected chi connectivity index (χ3v) is 15.3. The molecule has 2 nitrogen and oxygen atoms in total. The number of hydrogen-bond acceptors (Lipinski definition) is 2. The average molecular weight is 663 g/mol. The summed E-state index contributed by atoms with van der Waals surface area (Å²) in [7, 11) is 0. The molecule has 3 heteroatoms. The van der Waals surface area contributed by atoms with Crippen LogP contribution in [0.3, 0.4) is 0 Å². The predicted molar refractivity (Wildman–Crippen MR) is 215 cm³/mol. The van der Waals surface area contributed by atoms with Crippen molar-refractivity contribution in [2.75, 3.05) is 9.80 Å². The fraction of sp³-hybridized carbons (Fsp3) is 0.574. The Labute approximate surface area is 303 Å². The summed E-state index contributed by atoms with van der Waals surface area (Å²) in [6, 6.07) is 12.5. The summed E-state index contributed by atoms with van der Waals surface area (Å²) in [5.74, 6) is 2.54. The summed E-state index contributed by atoms with van der Waals surface area (Å²) in [6.45, 7) is 20.3. The maximum absolute atomic E-state index is 3.04. The molecule has 50 heavy (non-hydrogen) atoms. The number of rotatable bonds is 2. The monoisotopic (exact) mass is 662 g/mol. The van der Waals surface area contributed by atoms with Gasteiger partial charge in [-0.05, 0) is 131 Å². The van der Waals surface area contributed by atoms with Crippen molar-refractivity contribution in [1.29, 1.82) is 0 Å². The van der Waals surface area contributed by atoms with Gasteiger partial charge in [0.2, 0.25) is 6.71 Å². The van der Waals surface area contributed by atoms with Crippen LogP contribution < -0.4 is 20.7 Å². The van der Waals surface area contributed by atoms with Crippen LogP contribution in [0.15, 0.2) is 71.9 Å². The lowest BCUT2D eigenvalue weighted by Crippen LogP contribution is -2.64. The molecule has 0 aromatic heterocycles. The van der Waals surface area contributed by atoms with Crippen LogP contribution in [0.1, 0.15) is 136 Å². The summed E-state index contributed by atoms with van der Waals surface area (Å²) in [5, 5.41) is 0. The molecule has 4 aliphatic heterocycles. The first-order valence-corrected chi connectivity index (χ1v) is 20.5. The zero-order valence-corrected chi connectivity index (χ0v) is 32.2. The molecule has 2 aromatic rings. The van der Waals surface area contributed by atoms with Crippen LogP contribution in [0.2, 0.25) is 5.82 Å². The van der Waals surface area contributed by atoms with Crippen LogP contribution in [-0.4, -0.2) is 24.8 Å². The number of allylic oxidation sites excluding steroid dienone is 6. The van der Waals surface area contributed by atoms with Crippen molar-refractivity contribution in [2.45, 2.75) is 154 Å². The minimum Gasteiger partial charge on any atom is -0.362 e. The minimum absolute atomic E-state index is 0.0478. The Morgan fingerprint density at radius 2 is 1.62 bits per heavy atom. The molecule has 0 radical (unpaired) electrons. The van der Waals surface area contributed by atoms with Gasteiger partial charge in [0, 0.05) is 46.4 Å². The molecule has 2 aromatic carbocycles. The summed E-state index contributed by atoms with van der Waals surface area (Å²) in [5.41, 5.74) is 16.6. The molecule has 0 spiro atoms. The topological polar surface area (TPSA) is 6.48 Å². The van der Waals surface area contributed by atoms with Gasteiger partial charge in [0.1, 0.15) is 0 Å². The standard InChI is InChI=1S/C47H59BN2/c1-45(2,3)29-21-22-39-34(23-29)35-24-30(46(4,5)6)25-37-44(35)50(39)41-27-31(47(7,8)28-15-10-9-11-16-28)26-40-42(41)48(37)36-19-14-18-33-32-17-12-13-20-38(32)49(40)43(33)36/h10,14-18,24-27,29,33-34,36,38-39,43H,9,11-13,19-23H2,1-8H3. The fourth-order valence-electron chi connectivity index (χ4n) is 12.5. The molecule has 7 unspecified atom stereocenters. The first kappa shape index (κ1) is 31.8. The van der Waals surface area contributed by atoms with Crippen molar-refractivity contribution in [3.63, 3.8) is 0 Å². The van der Waals surface area contributed by atoms with Crippen molar-refractivity contribution in [1.82, 2.24) is 0 Å². The molecule has 4 heterocycles. The second-order valence-electron chi connectivity index (χ2n) is 20.2. The first-order valence-electron chi connectivity index (χ1n) is 20.5. The molecule has 7 atom stereocenters. The molecule has 2 fully saturated rings. The van der Waals surface area contributed by atoms with Crippen molar-refractivity contribution in [2.24, 2.45) is 17.3 Å². The smallest absolute Gasteiger partial charge is 0.223 e. The van der Waals surface area contributed by atoms with E-state index in [0.717, 1.165) is 12.3 Å². The van der Waals surface area contributed by atoms with Gasteiger partial charge in [-0.15, -0.1) is 0 Å². The molecule has 10 rings (SSSR count). The van der Waals surface area contributed by atoms with Crippen LogP contribution in [-0.2, 0) is 10.8 Å². The van der Waals surface area contributed by atoms with Crippen molar-refractivity contribution in [3.05, 3.63) is 88.6 Å². The second kappa shape index (κ2) is 10.6. The van der Waals surface area contributed by atoms with E-state index in [1.54, 1.807) is 44.7 Å². The Kier molecular flexibility index (Phi) is 6.72. The SMILES string of the molecule is CC(C)(C)c1cc2c3c(c1)C1CC(C(C)(C)C)CCC1N3c1cc(C(C)(C)C3=CCCC=C3)cc3c1B2C1CC=CC2C4=CCCCC4N3C12. The Bertz CT molecular complexity index is 1910. The minimum atomic E-state index is -0.0478. The number of benzene rings is 2.